The van der Waals surface area contributed by atoms with E-state index >= 15 is 0 Å². The average Bonchev–Trinajstić information content (AvgIpc) is 2.06. The number of benzene rings is 1. The third-order valence-corrected chi connectivity index (χ3v) is 2.00. The van der Waals surface area contributed by atoms with E-state index in [0.717, 1.165) is 11.8 Å². The highest BCUT2D eigenvalue weighted by molar-refractivity contribution is 5.27. The fourth-order valence-electron chi connectivity index (χ4n) is 1.13. The molecule has 0 spiro atoms. The molecule has 0 aliphatic heterocycles. The topological polar surface area (TPSA) is 19.9 Å². The van der Waals surface area contributed by atoms with Crippen LogP contribution in [0.4, 0.5) is 0 Å². The van der Waals surface area contributed by atoms with Crippen molar-refractivity contribution >= 4 is 0 Å². The van der Waals surface area contributed by atoms with Crippen LogP contribution in [0.2, 0.25) is 0 Å². The second-order valence-corrected chi connectivity index (χ2v) is 3.39. The van der Waals surface area contributed by atoms with Crippen LogP contribution in [0.1, 0.15) is 19.4 Å². The first-order valence-corrected chi connectivity index (χ1v) is 4.02. The Labute approximate surface area is 73.4 Å². The lowest BCUT2D eigenvalue weighted by Crippen LogP contribution is -2.12. The van der Waals surface area contributed by atoms with Gasteiger partial charge in [-0.2, -0.15) is 0 Å². The number of allylic oxidation sites excluding steroid dienone is 1. The second kappa shape index (κ2) is 3.44. The van der Waals surface area contributed by atoms with Crippen molar-refractivity contribution in [3.8, 4) is 0 Å². The zero-order chi connectivity index (χ0) is 9.03. The van der Waals surface area contributed by atoms with Gasteiger partial charge in [-0.3, -0.25) is 5.11 Å². The van der Waals surface area contributed by atoms with Crippen LogP contribution < -0.4 is 0 Å². The summed E-state index contributed by atoms with van der Waals surface area (Å²) in [6.45, 7) is 4.05. The predicted octanol–water partition coefficient (Wildman–Crippen LogP) is 2.91. The summed E-state index contributed by atoms with van der Waals surface area (Å²) in [4.78, 5) is 0. The molecule has 1 radical (unpaired) electrons. The largest absolute Gasteiger partial charge is 0.299 e. The van der Waals surface area contributed by atoms with Gasteiger partial charge in [-0.25, -0.2) is 0 Å². The Bertz CT molecular complexity index is 260. The molecule has 0 N–H and O–H groups in total. The van der Waals surface area contributed by atoms with E-state index in [1.807, 2.05) is 44.2 Å². The van der Waals surface area contributed by atoms with Crippen LogP contribution in [0.15, 0.2) is 42.7 Å². The van der Waals surface area contributed by atoms with E-state index in [4.69, 9.17) is 0 Å². The lowest BCUT2D eigenvalue weighted by Gasteiger charge is -2.19. The molecule has 0 saturated carbocycles. The molecule has 0 heterocycles. The van der Waals surface area contributed by atoms with Gasteiger partial charge in [0.2, 0.25) is 0 Å². The van der Waals surface area contributed by atoms with Crippen molar-refractivity contribution in [3.05, 3.63) is 48.2 Å². The Morgan fingerprint density at radius 3 is 2.25 bits per heavy atom. The molecule has 0 fully saturated rings. The van der Waals surface area contributed by atoms with E-state index in [1.54, 1.807) is 6.08 Å². The standard InChI is InChI=1S/C11H13O/c1-11(2,8-9-12)10-6-4-3-5-7-10/h3-9H,1-2H3. The van der Waals surface area contributed by atoms with Crippen LogP contribution in [0.25, 0.3) is 0 Å². The summed E-state index contributed by atoms with van der Waals surface area (Å²) >= 11 is 0. The van der Waals surface area contributed by atoms with Gasteiger partial charge in [-0.15, -0.1) is 0 Å². The Morgan fingerprint density at radius 1 is 1.17 bits per heavy atom. The van der Waals surface area contributed by atoms with Gasteiger partial charge in [-0.05, 0) is 11.6 Å². The molecule has 0 aliphatic carbocycles. The van der Waals surface area contributed by atoms with E-state index < -0.39 is 0 Å². The summed E-state index contributed by atoms with van der Waals surface area (Å²) in [7, 11) is 0. The maximum atomic E-state index is 10.3. The first kappa shape index (κ1) is 8.85. The molecular weight excluding hydrogens is 148 g/mol. The summed E-state index contributed by atoms with van der Waals surface area (Å²) in [5.41, 5.74) is 1.01. The maximum absolute atomic E-state index is 10.3. The lowest BCUT2D eigenvalue weighted by molar-refractivity contribution is 0.345. The molecule has 1 aromatic rings. The van der Waals surface area contributed by atoms with Crippen LogP contribution >= 0.6 is 0 Å². The van der Waals surface area contributed by atoms with Gasteiger partial charge in [0.25, 0.3) is 0 Å². The van der Waals surface area contributed by atoms with Gasteiger partial charge >= 0.3 is 0 Å². The molecule has 1 nitrogen and oxygen atoms in total. The SMILES string of the molecule is CC(C)(C=C[O])c1ccccc1. The molecule has 1 rings (SSSR count). The summed E-state index contributed by atoms with van der Waals surface area (Å²) in [5.74, 6) is 0. The molecule has 0 atom stereocenters. The third-order valence-electron chi connectivity index (χ3n) is 2.00. The molecular formula is C11H13O. The first-order valence-electron chi connectivity index (χ1n) is 4.02. The molecule has 0 unspecified atom stereocenters. The molecule has 63 valence electrons. The minimum atomic E-state index is -0.150. The van der Waals surface area contributed by atoms with Gasteiger partial charge in [-0.1, -0.05) is 44.2 Å². The summed E-state index contributed by atoms with van der Waals surface area (Å²) in [6.07, 6.45) is 2.52. The lowest BCUT2D eigenvalue weighted by atomic mass is 9.85. The van der Waals surface area contributed by atoms with Gasteiger partial charge in [0.05, 0.1) is 0 Å². The third kappa shape index (κ3) is 1.88. The van der Waals surface area contributed by atoms with Gasteiger partial charge in [0.15, 0.2) is 0 Å². The van der Waals surface area contributed by atoms with Crippen molar-refractivity contribution in [2.45, 2.75) is 19.3 Å². The second-order valence-electron chi connectivity index (χ2n) is 3.39. The van der Waals surface area contributed by atoms with Crippen LogP contribution in [0.3, 0.4) is 0 Å². The zero-order valence-corrected chi connectivity index (χ0v) is 7.45. The Balaban J connectivity index is 2.97. The van der Waals surface area contributed by atoms with E-state index in [2.05, 4.69) is 0 Å². The highest BCUT2D eigenvalue weighted by Crippen LogP contribution is 2.23. The summed E-state index contributed by atoms with van der Waals surface area (Å²) < 4.78 is 0. The highest BCUT2D eigenvalue weighted by Gasteiger charge is 2.15. The molecule has 0 saturated heterocycles. The molecule has 0 amide bonds. The van der Waals surface area contributed by atoms with Crippen molar-refractivity contribution in [1.82, 2.24) is 0 Å². The van der Waals surface area contributed by atoms with Crippen LogP contribution in [0.5, 0.6) is 0 Å². The van der Waals surface area contributed by atoms with Gasteiger partial charge in [0.1, 0.15) is 6.26 Å². The predicted molar refractivity (Wildman–Crippen MR) is 49.3 cm³/mol. The molecule has 0 aromatic heterocycles. The minimum Gasteiger partial charge on any atom is -0.299 e. The van der Waals surface area contributed by atoms with Crippen molar-refractivity contribution in [2.24, 2.45) is 0 Å². The van der Waals surface area contributed by atoms with Crippen LogP contribution in [-0.4, -0.2) is 0 Å². The zero-order valence-electron chi connectivity index (χ0n) is 7.45. The molecule has 0 bridgehead atoms. The average molecular weight is 161 g/mol. The molecule has 1 aromatic carbocycles. The smallest absolute Gasteiger partial charge is 0.139 e. The number of rotatable bonds is 2. The van der Waals surface area contributed by atoms with E-state index in [0.29, 0.717) is 0 Å². The van der Waals surface area contributed by atoms with Crippen molar-refractivity contribution in [1.29, 1.82) is 0 Å². The van der Waals surface area contributed by atoms with Gasteiger partial charge < -0.3 is 0 Å². The van der Waals surface area contributed by atoms with E-state index in [-0.39, 0.29) is 5.41 Å². The van der Waals surface area contributed by atoms with Crippen LogP contribution in [-0.2, 0) is 10.5 Å². The molecule has 12 heavy (non-hydrogen) atoms. The van der Waals surface area contributed by atoms with Crippen LogP contribution in [0, 0.1) is 0 Å². The number of hydrogen-bond acceptors (Lipinski definition) is 0. The fraction of sp³-hybridized carbons (Fsp3) is 0.273. The van der Waals surface area contributed by atoms with Crippen molar-refractivity contribution < 1.29 is 5.11 Å². The summed E-state index contributed by atoms with van der Waals surface area (Å²) in [6, 6.07) is 9.99. The van der Waals surface area contributed by atoms with E-state index in [1.165, 1.54) is 0 Å². The normalized spacial score (nSPS) is 12.2. The Kier molecular flexibility index (Phi) is 2.54. The quantitative estimate of drug-likeness (QED) is 0.594. The van der Waals surface area contributed by atoms with Gasteiger partial charge in [0, 0.05) is 5.41 Å². The fourth-order valence-corrected chi connectivity index (χ4v) is 1.13. The molecule has 1 heteroatoms. The Hall–Kier alpha value is -1.24. The number of hydrogen-bond donors (Lipinski definition) is 0. The molecule has 0 aliphatic rings. The highest BCUT2D eigenvalue weighted by atomic mass is 16.2. The van der Waals surface area contributed by atoms with Crippen molar-refractivity contribution in [3.63, 3.8) is 0 Å². The monoisotopic (exact) mass is 161 g/mol. The minimum absolute atomic E-state index is 0.150. The van der Waals surface area contributed by atoms with E-state index in [9.17, 15) is 5.11 Å². The summed E-state index contributed by atoms with van der Waals surface area (Å²) in [5, 5.41) is 10.3. The maximum Gasteiger partial charge on any atom is 0.139 e. The Morgan fingerprint density at radius 2 is 1.75 bits per heavy atom. The van der Waals surface area contributed by atoms with Crippen molar-refractivity contribution in [2.75, 3.05) is 0 Å². The first-order chi connectivity index (χ1) is 5.67.